The number of amides is 4. The molecule has 0 aliphatic carbocycles. The van der Waals surface area contributed by atoms with E-state index in [2.05, 4.69) is 5.32 Å². The summed E-state index contributed by atoms with van der Waals surface area (Å²) in [7, 11) is 0. The van der Waals surface area contributed by atoms with Gasteiger partial charge in [0.25, 0.3) is 5.91 Å². The number of nitrogens with one attached hydrogen (secondary N) is 1. The molecule has 0 saturated carbocycles. The Hall–Kier alpha value is -2.51. The first-order valence-corrected chi connectivity index (χ1v) is 9.06. The summed E-state index contributed by atoms with van der Waals surface area (Å²) in [5.41, 5.74) is -1.43. The van der Waals surface area contributed by atoms with Crippen LogP contribution in [0.4, 0.5) is 13.6 Å². The average molecular weight is 379 g/mol. The van der Waals surface area contributed by atoms with Crippen molar-refractivity contribution in [3.63, 3.8) is 0 Å². The van der Waals surface area contributed by atoms with E-state index >= 15 is 0 Å². The minimum absolute atomic E-state index is 0.0413. The van der Waals surface area contributed by atoms with E-state index in [1.807, 2.05) is 13.8 Å². The molecule has 2 fully saturated rings. The molecule has 1 aromatic carbocycles. The molecule has 0 bridgehead atoms. The molecule has 6 nitrogen and oxygen atoms in total. The van der Waals surface area contributed by atoms with Crippen molar-refractivity contribution in [2.24, 2.45) is 0 Å². The quantitative estimate of drug-likeness (QED) is 0.821. The SMILES string of the molecule is CC1CCCC(C)N1C(=O)CN1C(=O)NC(C)(c2ccc(F)c(F)c2)C1=O. The summed E-state index contributed by atoms with van der Waals surface area (Å²) in [6.45, 7) is 4.94. The predicted molar refractivity (Wildman–Crippen MR) is 93.6 cm³/mol. The molecule has 2 heterocycles. The molecule has 4 amide bonds. The van der Waals surface area contributed by atoms with Crippen LogP contribution in [-0.4, -0.2) is 46.3 Å². The number of carbonyl (C=O) groups excluding carboxylic acids is 3. The maximum Gasteiger partial charge on any atom is 0.325 e. The van der Waals surface area contributed by atoms with Gasteiger partial charge in [-0.15, -0.1) is 0 Å². The van der Waals surface area contributed by atoms with Gasteiger partial charge in [-0.25, -0.2) is 13.6 Å². The van der Waals surface area contributed by atoms with Crippen LogP contribution in [0.5, 0.6) is 0 Å². The largest absolute Gasteiger partial charge is 0.336 e. The molecular weight excluding hydrogens is 356 g/mol. The first-order valence-electron chi connectivity index (χ1n) is 9.06. The lowest BCUT2D eigenvalue weighted by molar-refractivity contribution is -0.142. The maximum atomic E-state index is 13.6. The Morgan fingerprint density at radius 3 is 2.41 bits per heavy atom. The molecule has 8 heteroatoms. The molecule has 0 aromatic heterocycles. The molecular formula is C19H23F2N3O3. The third-order valence-corrected chi connectivity index (χ3v) is 5.55. The fourth-order valence-corrected chi connectivity index (χ4v) is 3.97. The first kappa shape index (κ1) is 19.3. The van der Waals surface area contributed by atoms with Crippen LogP contribution in [0.15, 0.2) is 18.2 Å². The van der Waals surface area contributed by atoms with Crippen molar-refractivity contribution in [3.8, 4) is 0 Å². The summed E-state index contributed by atoms with van der Waals surface area (Å²) in [6.07, 6.45) is 2.79. The number of urea groups is 1. The van der Waals surface area contributed by atoms with E-state index in [1.54, 1.807) is 4.90 Å². The number of halogens is 2. The summed E-state index contributed by atoms with van der Waals surface area (Å²) in [4.78, 5) is 40.6. The number of piperidine rings is 1. The van der Waals surface area contributed by atoms with Gasteiger partial charge in [-0.1, -0.05) is 6.07 Å². The highest BCUT2D eigenvalue weighted by Crippen LogP contribution is 2.30. The van der Waals surface area contributed by atoms with Gasteiger partial charge in [0.1, 0.15) is 12.1 Å². The second-order valence-electron chi connectivity index (χ2n) is 7.51. The molecule has 146 valence electrons. The van der Waals surface area contributed by atoms with Gasteiger partial charge in [0.2, 0.25) is 5.91 Å². The smallest absolute Gasteiger partial charge is 0.325 e. The number of nitrogens with zero attached hydrogens (tertiary/aromatic N) is 2. The minimum Gasteiger partial charge on any atom is -0.336 e. The summed E-state index contributed by atoms with van der Waals surface area (Å²) in [5, 5.41) is 2.50. The molecule has 1 aromatic rings. The zero-order valence-electron chi connectivity index (χ0n) is 15.6. The Bertz CT molecular complexity index is 790. The molecule has 3 unspecified atom stereocenters. The molecule has 3 rings (SSSR count). The third kappa shape index (κ3) is 3.28. The van der Waals surface area contributed by atoms with Gasteiger partial charge in [-0.2, -0.15) is 0 Å². The summed E-state index contributed by atoms with van der Waals surface area (Å²) in [5.74, 6) is -3.11. The molecule has 3 atom stereocenters. The van der Waals surface area contributed by atoms with Crippen molar-refractivity contribution in [1.29, 1.82) is 0 Å². The van der Waals surface area contributed by atoms with Gasteiger partial charge in [0.15, 0.2) is 11.6 Å². The van der Waals surface area contributed by atoms with E-state index < -0.39 is 29.1 Å². The topological polar surface area (TPSA) is 69.7 Å². The number of hydrogen-bond donors (Lipinski definition) is 1. The van der Waals surface area contributed by atoms with E-state index in [0.29, 0.717) is 0 Å². The predicted octanol–water partition coefficient (Wildman–Crippen LogP) is 2.52. The van der Waals surface area contributed by atoms with Gasteiger partial charge in [0.05, 0.1) is 0 Å². The van der Waals surface area contributed by atoms with Gasteiger partial charge >= 0.3 is 6.03 Å². The number of imide groups is 1. The van der Waals surface area contributed by atoms with Crippen molar-refractivity contribution in [2.75, 3.05) is 6.54 Å². The minimum atomic E-state index is -1.55. The Morgan fingerprint density at radius 1 is 1.19 bits per heavy atom. The Morgan fingerprint density at radius 2 is 1.81 bits per heavy atom. The average Bonchev–Trinajstić information content (AvgIpc) is 2.81. The standard InChI is InChI=1S/C19H23F2N3O3/c1-11-5-4-6-12(2)24(11)16(25)10-23-17(26)19(3,22-18(23)27)13-7-8-14(20)15(21)9-13/h7-9,11-12H,4-6,10H2,1-3H3,(H,22,27). The normalized spacial score (nSPS) is 28.5. The molecule has 2 saturated heterocycles. The van der Waals surface area contributed by atoms with Crippen LogP contribution in [0.1, 0.15) is 45.6 Å². The van der Waals surface area contributed by atoms with Gasteiger partial charge in [0, 0.05) is 12.1 Å². The van der Waals surface area contributed by atoms with E-state index in [1.165, 1.54) is 13.0 Å². The number of carbonyl (C=O) groups is 3. The number of likely N-dealkylation sites (tertiary alicyclic amines) is 1. The second-order valence-corrected chi connectivity index (χ2v) is 7.51. The van der Waals surface area contributed by atoms with E-state index in [-0.39, 0.29) is 30.1 Å². The third-order valence-electron chi connectivity index (χ3n) is 5.55. The first-order chi connectivity index (χ1) is 12.6. The van der Waals surface area contributed by atoms with Crippen LogP contribution in [0.2, 0.25) is 0 Å². The Labute approximate surface area is 156 Å². The van der Waals surface area contributed by atoms with Crippen molar-refractivity contribution < 1.29 is 23.2 Å². The highest BCUT2D eigenvalue weighted by atomic mass is 19.2. The monoisotopic (exact) mass is 379 g/mol. The number of rotatable bonds is 3. The highest BCUT2D eigenvalue weighted by Gasteiger charge is 2.50. The zero-order valence-corrected chi connectivity index (χ0v) is 15.6. The molecule has 1 N–H and O–H groups in total. The van der Waals surface area contributed by atoms with Crippen LogP contribution in [-0.2, 0) is 15.1 Å². The van der Waals surface area contributed by atoms with Crippen molar-refractivity contribution >= 4 is 17.8 Å². The molecule has 2 aliphatic heterocycles. The summed E-state index contributed by atoms with van der Waals surface area (Å²) in [6, 6.07) is 2.39. The van der Waals surface area contributed by atoms with Crippen molar-refractivity contribution in [2.45, 2.75) is 57.7 Å². The van der Waals surface area contributed by atoms with Crippen LogP contribution >= 0.6 is 0 Å². The lowest BCUT2D eigenvalue weighted by atomic mass is 9.92. The van der Waals surface area contributed by atoms with Gasteiger partial charge in [-0.05, 0) is 57.7 Å². The van der Waals surface area contributed by atoms with Gasteiger partial charge < -0.3 is 10.2 Å². The highest BCUT2D eigenvalue weighted by molar-refractivity contribution is 6.09. The van der Waals surface area contributed by atoms with Crippen LogP contribution < -0.4 is 5.32 Å². The van der Waals surface area contributed by atoms with E-state index in [4.69, 9.17) is 0 Å². The number of hydrogen-bond acceptors (Lipinski definition) is 3. The molecule has 2 aliphatic rings. The molecule has 27 heavy (non-hydrogen) atoms. The fourth-order valence-electron chi connectivity index (χ4n) is 3.97. The molecule has 0 spiro atoms. The summed E-state index contributed by atoms with van der Waals surface area (Å²) >= 11 is 0. The van der Waals surface area contributed by atoms with Crippen LogP contribution in [0.25, 0.3) is 0 Å². The van der Waals surface area contributed by atoms with E-state index in [0.717, 1.165) is 36.3 Å². The van der Waals surface area contributed by atoms with E-state index in [9.17, 15) is 23.2 Å². The van der Waals surface area contributed by atoms with Crippen molar-refractivity contribution in [3.05, 3.63) is 35.4 Å². The number of benzene rings is 1. The van der Waals surface area contributed by atoms with Crippen LogP contribution in [0.3, 0.4) is 0 Å². The maximum absolute atomic E-state index is 13.6. The summed E-state index contributed by atoms with van der Waals surface area (Å²) < 4.78 is 26.8. The second kappa shape index (κ2) is 6.90. The Balaban J connectivity index is 1.81. The fraction of sp³-hybridized carbons (Fsp3) is 0.526. The van der Waals surface area contributed by atoms with Gasteiger partial charge in [-0.3, -0.25) is 14.5 Å². The molecule has 0 radical (unpaired) electrons. The Kier molecular flexibility index (Phi) is 4.92. The van der Waals surface area contributed by atoms with Crippen LogP contribution in [0, 0.1) is 11.6 Å². The van der Waals surface area contributed by atoms with Crippen molar-refractivity contribution in [1.82, 2.24) is 15.1 Å². The zero-order chi connectivity index (χ0) is 19.9. The lowest BCUT2D eigenvalue weighted by Crippen LogP contribution is -2.52. The lowest BCUT2D eigenvalue weighted by Gasteiger charge is -2.39.